The molecule has 1 aromatic heterocycles. The van der Waals surface area contributed by atoms with Crippen LogP contribution >= 0.6 is 0 Å². The first-order valence-corrected chi connectivity index (χ1v) is 6.05. The van der Waals surface area contributed by atoms with E-state index in [1.165, 1.54) is 12.1 Å². The van der Waals surface area contributed by atoms with Crippen molar-refractivity contribution in [3.05, 3.63) is 41.5 Å². The van der Waals surface area contributed by atoms with E-state index in [2.05, 4.69) is 9.97 Å². The lowest BCUT2D eigenvalue weighted by molar-refractivity contribution is 0.628. The standard InChI is InChI=1S/C14H14FN3/c1-8-12(9-4-6-11(15)7-5-9)17-14(10-2-3-10)18-13(8)16/h4-7,10H,2-3H2,1H3,(H2,16,17,18). The Balaban J connectivity index is 2.12. The van der Waals surface area contributed by atoms with Gasteiger partial charge in [0.1, 0.15) is 17.5 Å². The van der Waals surface area contributed by atoms with Gasteiger partial charge in [0, 0.05) is 17.0 Å². The van der Waals surface area contributed by atoms with Crippen molar-refractivity contribution < 1.29 is 4.39 Å². The van der Waals surface area contributed by atoms with Gasteiger partial charge in [0.15, 0.2) is 0 Å². The summed E-state index contributed by atoms with van der Waals surface area (Å²) < 4.78 is 12.9. The highest BCUT2D eigenvalue weighted by molar-refractivity contribution is 5.67. The molecule has 92 valence electrons. The molecule has 0 bridgehead atoms. The van der Waals surface area contributed by atoms with Crippen LogP contribution in [0.15, 0.2) is 24.3 Å². The molecule has 3 rings (SSSR count). The Morgan fingerprint density at radius 3 is 2.44 bits per heavy atom. The minimum atomic E-state index is -0.249. The molecule has 4 heteroatoms. The average molecular weight is 243 g/mol. The third-order valence-corrected chi connectivity index (χ3v) is 3.26. The molecule has 1 saturated carbocycles. The highest BCUT2D eigenvalue weighted by Crippen LogP contribution is 2.39. The molecule has 0 spiro atoms. The topological polar surface area (TPSA) is 51.8 Å². The maximum atomic E-state index is 12.9. The Morgan fingerprint density at radius 2 is 1.83 bits per heavy atom. The number of hydrogen-bond acceptors (Lipinski definition) is 3. The molecule has 0 amide bonds. The average Bonchev–Trinajstić information content (AvgIpc) is 3.18. The van der Waals surface area contributed by atoms with Crippen LogP contribution in [0.1, 0.15) is 30.1 Å². The molecular formula is C14H14FN3. The van der Waals surface area contributed by atoms with Crippen molar-refractivity contribution >= 4 is 5.82 Å². The van der Waals surface area contributed by atoms with Gasteiger partial charge in [0.2, 0.25) is 0 Å². The molecule has 2 aromatic rings. The fourth-order valence-electron chi connectivity index (χ4n) is 1.96. The number of hydrogen-bond donors (Lipinski definition) is 1. The fraction of sp³-hybridized carbons (Fsp3) is 0.286. The highest BCUT2D eigenvalue weighted by atomic mass is 19.1. The summed E-state index contributed by atoms with van der Waals surface area (Å²) in [5.41, 5.74) is 8.47. The maximum absolute atomic E-state index is 12.9. The summed E-state index contributed by atoms with van der Waals surface area (Å²) >= 11 is 0. The van der Waals surface area contributed by atoms with E-state index in [0.29, 0.717) is 11.7 Å². The predicted octanol–water partition coefficient (Wildman–Crippen LogP) is 3.05. The van der Waals surface area contributed by atoms with Gasteiger partial charge in [0.25, 0.3) is 0 Å². The number of nitrogens with zero attached hydrogens (tertiary/aromatic N) is 2. The van der Waals surface area contributed by atoms with Crippen LogP contribution in [0.2, 0.25) is 0 Å². The summed E-state index contributed by atoms with van der Waals surface area (Å²) in [5.74, 6) is 1.54. The molecule has 0 atom stereocenters. The van der Waals surface area contributed by atoms with E-state index in [-0.39, 0.29) is 5.82 Å². The zero-order chi connectivity index (χ0) is 12.7. The van der Waals surface area contributed by atoms with E-state index >= 15 is 0 Å². The number of halogens is 1. The highest BCUT2D eigenvalue weighted by Gasteiger charge is 2.28. The van der Waals surface area contributed by atoms with Gasteiger partial charge >= 0.3 is 0 Å². The van der Waals surface area contributed by atoms with Crippen LogP contribution in [0.5, 0.6) is 0 Å². The van der Waals surface area contributed by atoms with E-state index < -0.39 is 0 Å². The van der Waals surface area contributed by atoms with Crippen LogP contribution in [-0.2, 0) is 0 Å². The van der Waals surface area contributed by atoms with Crippen LogP contribution in [0.3, 0.4) is 0 Å². The maximum Gasteiger partial charge on any atom is 0.134 e. The van der Waals surface area contributed by atoms with Gasteiger partial charge < -0.3 is 5.73 Å². The van der Waals surface area contributed by atoms with E-state index in [9.17, 15) is 4.39 Å². The molecular weight excluding hydrogens is 229 g/mol. The lowest BCUT2D eigenvalue weighted by Crippen LogP contribution is -2.04. The van der Waals surface area contributed by atoms with Crippen molar-refractivity contribution in [2.24, 2.45) is 0 Å². The van der Waals surface area contributed by atoms with E-state index in [1.54, 1.807) is 12.1 Å². The van der Waals surface area contributed by atoms with Gasteiger partial charge in [-0.2, -0.15) is 0 Å². The van der Waals surface area contributed by atoms with Crippen LogP contribution < -0.4 is 5.73 Å². The number of nitrogens with two attached hydrogens (primary N) is 1. The number of rotatable bonds is 2. The quantitative estimate of drug-likeness (QED) is 0.882. The Bertz CT molecular complexity index is 589. The minimum Gasteiger partial charge on any atom is -0.383 e. The summed E-state index contributed by atoms with van der Waals surface area (Å²) in [6, 6.07) is 6.31. The van der Waals surface area contributed by atoms with Gasteiger partial charge in [-0.25, -0.2) is 14.4 Å². The second-order valence-electron chi connectivity index (χ2n) is 4.72. The Labute approximate surface area is 105 Å². The molecule has 1 aromatic carbocycles. The Kier molecular flexibility index (Phi) is 2.51. The summed E-state index contributed by atoms with van der Waals surface area (Å²) in [5, 5.41) is 0. The molecule has 18 heavy (non-hydrogen) atoms. The second-order valence-corrected chi connectivity index (χ2v) is 4.72. The van der Waals surface area contributed by atoms with Crippen LogP contribution in [0, 0.1) is 12.7 Å². The minimum absolute atomic E-state index is 0.249. The number of benzene rings is 1. The first-order valence-electron chi connectivity index (χ1n) is 6.05. The van der Waals surface area contributed by atoms with Crippen molar-refractivity contribution in [2.45, 2.75) is 25.7 Å². The molecule has 0 saturated heterocycles. The molecule has 1 aliphatic carbocycles. The normalized spacial score (nSPS) is 14.8. The Morgan fingerprint density at radius 1 is 1.17 bits per heavy atom. The lowest BCUT2D eigenvalue weighted by atomic mass is 10.1. The van der Waals surface area contributed by atoms with Gasteiger partial charge in [-0.15, -0.1) is 0 Å². The predicted molar refractivity (Wildman–Crippen MR) is 68.6 cm³/mol. The molecule has 0 radical (unpaired) electrons. The molecule has 1 heterocycles. The van der Waals surface area contributed by atoms with Crippen molar-refractivity contribution in [1.82, 2.24) is 9.97 Å². The summed E-state index contributed by atoms with van der Waals surface area (Å²) in [6.07, 6.45) is 2.26. The summed E-state index contributed by atoms with van der Waals surface area (Å²) in [6.45, 7) is 1.89. The number of anilines is 1. The van der Waals surface area contributed by atoms with Crippen molar-refractivity contribution in [1.29, 1.82) is 0 Å². The van der Waals surface area contributed by atoms with E-state index in [0.717, 1.165) is 35.5 Å². The lowest BCUT2D eigenvalue weighted by Gasteiger charge is -2.09. The van der Waals surface area contributed by atoms with Crippen LogP contribution in [0.25, 0.3) is 11.3 Å². The monoisotopic (exact) mass is 243 g/mol. The van der Waals surface area contributed by atoms with Gasteiger partial charge in [-0.3, -0.25) is 0 Å². The molecule has 0 aliphatic heterocycles. The van der Waals surface area contributed by atoms with Crippen molar-refractivity contribution in [3.8, 4) is 11.3 Å². The third kappa shape index (κ3) is 1.94. The molecule has 1 fully saturated rings. The number of nitrogen functional groups attached to an aromatic ring is 1. The second kappa shape index (κ2) is 4.05. The summed E-state index contributed by atoms with van der Waals surface area (Å²) in [4.78, 5) is 8.91. The third-order valence-electron chi connectivity index (χ3n) is 3.26. The van der Waals surface area contributed by atoms with Gasteiger partial charge in [-0.05, 0) is 44.0 Å². The first kappa shape index (κ1) is 11.1. The van der Waals surface area contributed by atoms with Crippen LogP contribution in [0.4, 0.5) is 10.2 Å². The van der Waals surface area contributed by atoms with Crippen LogP contribution in [-0.4, -0.2) is 9.97 Å². The van der Waals surface area contributed by atoms with E-state index in [4.69, 9.17) is 5.73 Å². The zero-order valence-corrected chi connectivity index (χ0v) is 10.2. The van der Waals surface area contributed by atoms with Crippen molar-refractivity contribution in [2.75, 3.05) is 5.73 Å². The number of aromatic nitrogens is 2. The first-order chi connectivity index (χ1) is 8.65. The van der Waals surface area contributed by atoms with Gasteiger partial charge in [0.05, 0.1) is 5.69 Å². The van der Waals surface area contributed by atoms with Crippen molar-refractivity contribution in [3.63, 3.8) is 0 Å². The van der Waals surface area contributed by atoms with E-state index in [1.807, 2.05) is 6.92 Å². The fourth-order valence-corrected chi connectivity index (χ4v) is 1.96. The largest absolute Gasteiger partial charge is 0.383 e. The SMILES string of the molecule is Cc1c(N)nc(C2CC2)nc1-c1ccc(F)cc1. The Hall–Kier alpha value is -1.97. The molecule has 1 aliphatic rings. The molecule has 0 unspecified atom stereocenters. The molecule has 2 N–H and O–H groups in total. The zero-order valence-electron chi connectivity index (χ0n) is 10.2. The smallest absolute Gasteiger partial charge is 0.134 e. The summed E-state index contributed by atoms with van der Waals surface area (Å²) in [7, 11) is 0. The van der Waals surface area contributed by atoms with Gasteiger partial charge in [-0.1, -0.05) is 0 Å². The molecule has 3 nitrogen and oxygen atoms in total.